The molecular formula is C16H28N4. The van der Waals surface area contributed by atoms with E-state index in [1.807, 2.05) is 0 Å². The van der Waals surface area contributed by atoms with Gasteiger partial charge in [-0.1, -0.05) is 13.3 Å². The van der Waals surface area contributed by atoms with E-state index in [-0.39, 0.29) is 0 Å². The fraction of sp³-hybridized carbons (Fsp3) is 0.625. The molecule has 0 fully saturated rings. The van der Waals surface area contributed by atoms with E-state index in [2.05, 4.69) is 73.8 Å². The minimum absolute atomic E-state index is 1.00. The van der Waals surface area contributed by atoms with E-state index < -0.39 is 0 Å². The summed E-state index contributed by atoms with van der Waals surface area (Å²) in [6, 6.07) is 0. The van der Waals surface area contributed by atoms with Crippen LogP contribution in [-0.2, 0) is 0 Å². The average Bonchev–Trinajstić information content (AvgIpc) is 2.84. The Morgan fingerprint density at radius 1 is 0.950 bits per heavy atom. The van der Waals surface area contributed by atoms with Crippen LogP contribution in [0.2, 0.25) is 0 Å². The lowest BCUT2D eigenvalue weighted by molar-refractivity contribution is 0.297. The van der Waals surface area contributed by atoms with Gasteiger partial charge in [0, 0.05) is 51.0 Å². The number of nitrogens with zero attached hydrogens (tertiary/aromatic N) is 4. The van der Waals surface area contributed by atoms with Crippen molar-refractivity contribution in [1.29, 1.82) is 0 Å². The number of hydrogen-bond donors (Lipinski definition) is 0. The zero-order chi connectivity index (χ0) is 14.9. The first kappa shape index (κ1) is 14.8. The van der Waals surface area contributed by atoms with Crippen molar-refractivity contribution in [3.05, 3.63) is 35.4 Å². The minimum atomic E-state index is 1.00. The monoisotopic (exact) mass is 276 g/mol. The third-order valence-corrected chi connectivity index (χ3v) is 4.13. The summed E-state index contributed by atoms with van der Waals surface area (Å²) in [7, 11) is 4.28. The molecule has 0 radical (unpaired) electrons. The van der Waals surface area contributed by atoms with Crippen LogP contribution >= 0.6 is 0 Å². The third-order valence-electron chi connectivity index (χ3n) is 4.13. The van der Waals surface area contributed by atoms with Gasteiger partial charge in [-0.3, -0.25) is 0 Å². The molecule has 0 saturated carbocycles. The van der Waals surface area contributed by atoms with Crippen LogP contribution in [-0.4, -0.2) is 46.8 Å². The number of unbranched alkanes of at least 4 members (excludes halogenated alkanes) is 1. The van der Waals surface area contributed by atoms with E-state index in [1.54, 1.807) is 0 Å². The predicted octanol–water partition coefficient (Wildman–Crippen LogP) is 3.15. The predicted molar refractivity (Wildman–Crippen MR) is 84.1 cm³/mol. The van der Waals surface area contributed by atoms with Crippen LogP contribution in [0.5, 0.6) is 0 Å². The molecule has 2 heterocycles. The maximum atomic E-state index is 2.41. The number of allylic oxidation sites excluding steroid dienone is 2. The van der Waals surface area contributed by atoms with Crippen molar-refractivity contribution in [1.82, 2.24) is 19.6 Å². The van der Waals surface area contributed by atoms with Crippen molar-refractivity contribution < 1.29 is 0 Å². The zero-order valence-corrected chi connectivity index (χ0v) is 13.8. The van der Waals surface area contributed by atoms with Crippen molar-refractivity contribution in [3.8, 4) is 0 Å². The summed E-state index contributed by atoms with van der Waals surface area (Å²) in [5, 5.41) is 0. The van der Waals surface area contributed by atoms with Crippen molar-refractivity contribution in [2.75, 3.05) is 27.2 Å². The van der Waals surface area contributed by atoms with Crippen LogP contribution in [0.4, 0.5) is 0 Å². The van der Waals surface area contributed by atoms with E-state index >= 15 is 0 Å². The lowest BCUT2D eigenvalue weighted by Crippen LogP contribution is -2.33. The van der Waals surface area contributed by atoms with Crippen molar-refractivity contribution >= 4 is 0 Å². The van der Waals surface area contributed by atoms with Gasteiger partial charge in [0.25, 0.3) is 0 Å². The van der Waals surface area contributed by atoms with Gasteiger partial charge >= 0.3 is 0 Å². The van der Waals surface area contributed by atoms with Crippen LogP contribution in [0.15, 0.2) is 35.4 Å². The first-order valence-electron chi connectivity index (χ1n) is 7.63. The summed E-state index contributed by atoms with van der Waals surface area (Å²) in [6.07, 6.45) is 6.93. The molecule has 2 rings (SSSR count). The lowest BCUT2D eigenvalue weighted by atomic mass is 10.3. The first-order chi connectivity index (χ1) is 9.51. The third kappa shape index (κ3) is 2.39. The minimum Gasteiger partial charge on any atom is -0.333 e. The SMILES string of the molecule is CCCCN1C=C(C)N(CC)/C1=C1\N(C)C=C(C)N1C. The number of hydrogen-bond acceptors (Lipinski definition) is 4. The van der Waals surface area contributed by atoms with Crippen LogP contribution in [0.3, 0.4) is 0 Å². The normalized spacial score (nSPS) is 22.9. The molecule has 0 aromatic carbocycles. The van der Waals surface area contributed by atoms with E-state index in [4.69, 9.17) is 0 Å². The number of rotatable bonds is 4. The molecule has 0 aromatic rings. The average molecular weight is 276 g/mol. The van der Waals surface area contributed by atoms with Gasteiger partial charge in [-0.2, -0.15) is 0 Å². The van der Waals surface area contributed by atoms with Gasteiger partial charge in [0.15, 0.2) is 11.6 Å². The highest BCUT2D eigenvalue weighted by Gasteiger charge is 2.32. The first-order valence-corrected chi connectivity index (χ1v) is 7.63. The lowest BCUT2D eigenvalue weighted by Gasteiger charge is -2.32. The summed E-state index contributed by atoms with van der Waals surface area (Å²) < 4.78 is 0. The molecule has 0 aromatic heterocycles. The standard InChI is InChI=1S/C16H28N4/c1-7-9-10-19-12-14(4)20(8-2)16(19)15-17(5)11-13(3)18(15)6/h11-12H,7-10H2,1-6H3/b16-15+. The van der Waals surface area contributed by atoms with Gasteiger partial charge < -0.3 is 19.6 Å². The molecule has 2 aliphatic rings. The summed E-state index contributed by atoms with van der Waals surface area (Å²) in [5.74, 6) is 2.59. The Morgan fingerprint density at radius 3 is 2.15 bits per heavy atom. The highest BCUT2D eigenvalue weighted by molar-refractivity contribution is 5.30. The molecule has 0 saturated heterocycles. The van der Waals surface area contributed by atoms with Crippen LogP contribution in [0.25, 0.3) is 0 Å². The Hall–Kier alpha value is -1.58. The maximum absolute atomic E-state index is 2.41. The van der Waals surface area contributed by atoms with Gasteiger partial charge in [0.1, 0.15) is 0 Å². The summed E-state index contributed by atoms with van der Waals surface area (Å²) in [6.45, 7) is 10.9. The Bertz CT molecular complexity index is 461. The van der Waals surface area contributed by atoms with Crippen molar-refractivity contribution in [2.45, 2.75) is 40.5 Å². The molecule has 4 nitrogen and oxygen atoms in total. The molecule has 0 amide bonds. The zero-order valence-electron chi connectivity index (χ0n) is 13.8. The van der Waals surface area contributed by atoms with E-state index in [0.717, 1.165) is 13.1 Å². The smallest absolute Gasteiger partial charge is 0.155 e. The van der Waals surface area contributed by atoms with E-state index in [1.165, 1.54) is 35.9 Å². The summed E-state index contributed by atoms with van der Waals surface area (Å²) >= 11 is 0. The fourth-order valence-corrected chi connectivity index (χ4v) is 2.97. The van der Waals surface area contributed by atoms with Gasteiger partial charge in [0.2, 0.25) is 0 Å². The van der Waals surface area contributed by atoms with E-state index in [9.17, 15) is 0 Å². The molecule has 0 N–H and O–H groups in total. The van der Waals surface area contributed by atoms with Crippen molar-refractivity contribution in [2.24, 2.45) is 0 Å². The maximum Gasteiger partial charge on any atom is 0.155 e. The molecule has 4 heteroatoms. The molecule has 0 aliphatic carbocycles. The topological polar surface area (TPSA) is 13.0 Å². The summed E-state index contributed by atoms with van der Waals surface area (Å²) in [4.78, 5) is 9.34. The highest BCUT2D eigenvalue weighted by atomic mass is 15.4. The second-order valence-corrected chi connectivity index (χ2v) is 5.65. The molecule has 2 aliphatic heterocycles. The van der Waals surface area contributed by atoms with Gasteiger partial charge in [-0.05, 0) is 27.2 Å². The van der Waals surface area contributed by atoms with E-state index in [0.29, 0.717) is 0 Å². The molecule has 112 valence electrons. The second kappa shape index (κ2) is 5.81. The molecule has 0 bridgehead atoms. The highest BCUT2D eigenvalue weighted by Crippen LogP contribution is 2.34. The van der Waals surface area contributed by atoms with Gasteiger partial charge in [-0.15, -0.1) is 0 Å². The molecule has 0 atom stereocenters. The molecule has 0 unspecified atom stereocenters. The second-order valence-electron chi connectivity index (χ2n) is 5.65. The molecule has 0 spiro atoms. The Morgan fingerprint density at radius 2 is 1.65 bits per heavy atom. The quantitative estimate of drug-likeness (QED) is 0.782. The van der Waals surface area contributed by atoms with Crippen LogP contribution in [0, 0.1) is 0 Å². The molecular weight excluding hydrogens is 248 g/mol. The Balaban J connectivity index is 2.39. The summed E-state index contributed by atoms with van der Waals surface area (Å²) in [5.41, 5.74) is 2.61. The Kier molecular flexibility index (Phi) is 4.31. The molecule has 20 heavy (non-hydrogen) atoms. The Labute approximate surface area is 123 Å². The van der Waals surface area contributed by atoms with Crippen LogP contribution < -0.4 is 0 Å². The van der Waals surface area contributed by atoms with Gasteiger partial charge in [-0.25, -0.2) is 0 Å². The van der Waals surface area contributed by atoms with Crippen molar-refractivity contribution in [3.63, 3.8) is 0 Å². The fourth-order valence-electron chi connectivity index (χ4n) is 2.97. The largest absolute Gasteiger partial charge is 0.333 e. The van der Waals surface area contributed by atoms with Crippen LogP contribution in [0.1, 0.15) is 40.5 Å². The van der Waals surface area contributed by atoms with Gasteiger partial charge in [0.05, 0.1) is 0 Å².